The fourth-order valence-electron chi connectivity index (χ4n) is 1.40. The first-order valence-corrected chi connectivity index (χ1v) is 4.87. The Morgan fingerprint density at radius 2 is 1.28 bits per heavy atom. The van der Waals surface area contributed by atoms with Gasteiger partial charge in [-0.3, -0.25) is 0 Å². The number of benzene rings is 1. The van der Waals surface area contributed by atoms with Crippen LogP contribution in [0.5, 0.6) is 0 Å². The quantitative estimate of drug-likeness (QED) is 0.578. The highest BCUT2D eigenvalue weighted by Gasteiger charge is 2.18. The molecule has 0 N–H and O–H groups in total. The molecule has 18 heavy (non-hydrogen) atoms. The Labute approximate surface area is 105 Å². The lowest BCUT2D eigenvalue weighted by Gasteiger charge is -2.08. The van der Waals surface area contributed by atoms with Crippen LogP contribution in [0.2, 0.25) is 0 Å². The van der Waals surface area contributed by atoms with E-state index in [4.69, 9.17) is 12.8 Å². The van der Waals surface area contributed by atoms with E-state index in [9.17, 15) is 9.59 Å². The Hall–Kier alpha value is -2.72. The molecule has 0 aliphatic heterocycles. The highest BCUT2D eigenvalue weighted by Crippen LogP contribution is 2.18. The topological polar surface area (TPSA) is 52.6 Å². The summed E-state index contributed by atoms with van der Waals surface area (Å²) in [5.74, 6) is 3.38. The molecule has 0 saturated carbocycles. The van der Waals surface area contributed by atoms with Gasteiger partial charge in [0.15, 0.2) is 0 Å². The van der Waals surface area contributed by atoms with Crippen LogP contribution in [0.1, 0.15) is 31.8 Å². The molecule has 4 heteroatoms. The first-order chi connectivity index (χ1) is 8.58. The summed E-state index contributed by atoms with van der Waals surface area (Å²) in [5, 5.41) is 0. The van der Waals surface area contributed by atoms with E-state index in [0.29, 0.717) is 0 Å². The standard InChI is InChI=1S/C14H10O4/c1-5-9-7-12(14(16)18-4)10(6-2)8-11(9)13(15)17-3/h1-2,7-8H,3-4H3. The molecule has 0 radical (unpaired) electrons. The number of hydrogen-bond donors (Lipinski definition) is 0. The Bertz CT molecular complexity index is 531. The molecular weight excluding hydrogens is 232 g/mol. The van der Waals surface area contributed by atoms with E-state index in [0.717, 1.165) is 0 Å². The third kappa shape index (κ3) is 2.34. The van der Waals surface area contributed by atoms with Crippen LogP contribution >= 0.6 is 0 Å². The molecule has 1 aromatic rings. The Morgan fingerprint density at radius 3 is 1.50 bits per heavy atom. The van der Waals surface area contributed by atoms with Crippen molar-refractivity contribution in [1.29, 1.82) is 0 Å². The van der Waals surface area contributed by atoms with E-state index in [-0.39, 0.29) is 22.3 Å². The summed E-state index contributed by atoms with van der Waals surface area (Å²) in [4.78, 5) is 23.0. The minimum atomic E-state index is -0.615. The van der Waals surface area contributed by atoms with Crippen molar-refractivity contribution in [1.82, 2.24) is 0 Å². The molecule has 4 nitrogen and oxygen atoms in total. The van der Waals surface area contributed by atoms with E-state index in [2.05, 4.69) is 21.3 Å². The fourth-order valence-corrected chi connectivity index (χ4v) is 1.40. The predicted octanol–water partition coefficient (Wildman–Crippen LogP) is 1.22. The van der Waals surface area contributed by atoms with Crippen LogP contribution in [0.3, 0.4) is 0 Å². The van der Waals surface area contributed by atoms with Gasteiger partial charge in [0.25, 0.3) is 0 Å². The monoisotopic (exact) mass is 242 g/mol. The SMILES string of the molecule is C#Cc1cc(C(=O)OC)c(C#C)cc1C(=O)OC. The zero-order chi connectivity index (χ0) is 13.7. The summed E-state index contributed by atoms with van der Waals surface area (Å²) in [6, 6.07) is 2.68. The van der Waals surface area contributed by atoms with Crippen molar-refractivity contribution < 1.29 is 19.1 Å². The van der Waals surface area contributed by atoms with Gasteiger partial charge < -0.3 is 9.47 Å². The third-order valence-electron chi connectivity index (χ3n) is 2.28. The van der Waals surface area contributed by atoms with Crippen LogP contribution in [-0.2, 0) is 9.47 Å². The number of esters is 2. The predicted molar refractivity (Wildman–Crippen MR) is 65.0 cm³/mol. The zero-order valence-electron chi connectivity index (χ0n) is 9.94. The van der Waals surface area contributed by atoms with E-state index < -0.39 is 11.9 Å². The van der Waals surface area contributed by atoms with Gasteiger partial charge in [-0.1, -0.05) is 11.8 Å². The van der Waals surface area contributed by atoms with Crippen LogP contribution in [0.4, 0.5) is 0 Å². The van der Waals surface area contributed by atoms with Crippen molar-refractivity contribution in [2.24, 2.45) is 0 Å². The molecule has 0 spiro atoms. The maximum Gasteiger partial charge on any atom is 0.339 e. The lowest BCUT2D eigenvalue weighted by atomic mass is 9.99. The maximum absolute atomic E-state index is 11.5. The highest BCUT2D eigenvalue weighted by molar-refractivity contribution is 5.98. The smallest absolute Gasteiger partial charge is 0.339 e. The first-order valence-electron chi connectivity index (χ1n) is 4.87. The lowest BCUT2D eigenvalue weighted by Crippen LogP contribution is -2.10. The number of carbonyl (C=O) groups excluding carboxylic acids is 2. The van der Waals surface area contributed by atoms with Crippen LogP contribution < -0.4 is 0 Å². The summed E-state index contributed by atoms with van der Waals surface area (Å²) in [5.41, 5.74) is 0.726. The van der Waals surface area contributed by atoms with Gasteiger partial charge in [0.1, 0.15) is 0 Å². The molecule has 0 unspecified atom stereocenters. The van der Waals surface area contributed by atoms with Crippen LogP contribution in [0.15, 0.2) is 12.1 Å². The number of terminal acetylenes is 2. The van der Waals surface area contributed by atoms with Crippen LogP contribution in [0, 0.1) is 24.7 Å². The normalized spacial score (nSPS) is 8.89. The average molecular weight is 242 g/mol. The molecule has 0 aliphatic rings. The van der Waals surface area contributed by atoms with Crippen LogP contribution in [0.25, 0.3) is 0 Å². The second-order valence-corrected chi connectivity index (χ2v) is 3.22. The van der Waals surface area contributed by atoms with E-state index in [1.165, 1.54) is 26.4 Å². The first kappa shape index (κ1) is 13.3. The Balaban J connectivity index is 3.54. The fraction of sp³-hybridized carbons (Fsp3) is 0.143. The van der Waals surface area contributed by atoms with E-state index >= 15 is 0 Å². The Kier molecular flexibility index (Phi) is 4.12. The molecule has 0 atom stereocenters. The molecule has 0 saturated heterocycles. The number of carbonyl (C=O) groups is 2. The molecule has 1 rings (SSSR count). The van der Waals surface area contributed by atoms with Gasteiger partial charge in [-0.05, 0) is 12.1 Å². The van der Waals surface area contributed by atoms with Gasteiger partial charge in [0, 0.05) is 11.1 Å². The number of ether oxygens (including phenoxy) is 2. The number of rotatable bonds is 2. The molecule has 0 aromatic heterocycles. The molecule has 0 amide bonds. The molecule has 0 fully saturated rings. The zero-order valence-corrected chi connectivity index (χ0v) is 9.94. The van der Waals surface area contributed by atoms with E-state index in [1.807, 2.05) is 0 Å². The maximum atomic E-state index is 11.5. The van der Waals surface area contributed by atoms with Gasteiger partial charge in [-0.15, -0.1) is 12.8 Å². The van der Waals surface area contributed by atoms with Gasteiger partial charge in [0.05, 0.1) is 25.3 Å². The Morgan fingerprint density at radius 1 is 0.944 bits per heavy atom. The molecule has 0 bridgehead atoms. The van der Waals surface area contributed by atoms with Crippen molar-refractivity contribution in [2.45, 2.75) is 0 Å². The summed E-state index contributed by atoms with van der Waals surface area (Å²) in [6.07, 6.45) is 10.6. The second kappa shape index (κ2) is 5.56. The van der Waals surface area contributed by atoms with Gasteiger partial charge >= 0.3 is 11.9 Å². The largest absolute Gasteiger partial charge is 0.465 e. The van der Waals surface area contributed by atoms with Gasteiger partial charge in [-0.2, -0.15) is 0 Å². The summed E-state index contributed by atoms with van der Waals surface area (Å²) >= 11 is 0. The molecule has 90 valence electrons. The summed E-state index contributed by atoms with van der Waals surface area (Å²) < 4.78 is 9.17. The minimum Gasteiger partial charge on any atom is -0.465 e. The molecule has 0 heterocycles. The molecule has 1 aromatic carbocycles. The van der Waals surface area contributed by atoms with E-state index in [1.54, 1.807) is 0 Å². The average Bonchev–Trinajstić information content (AvgIpc) is 2.43. The van der Waals surface area contributed by atoms with Crippen LogP contribution in [-0.4, -0.2) is 26.2 Å². The number of hydrogen-bond acceptors (Lipinski definition) is 4. The summed E-state index contributed by atoms with van der Waals surface area (Å²) in [6.45, 7) is 0. The molecule has 0 aliphatic carbocycles. The van der Waals surface area contributed by atoms with Crippen molar-refractivity contribution in [3.05, 3.63) is 34.4 Å². The van der Waals surface area contributed by atoms with Gasteiger partial charge in [-0.25, -0.2) is 9.59 Å². The minimum absolute atomic E-state index is 0.139. The van der Waals surface area contributed by atoms with Crippen molar-refractivity contribution >= 4 is 11.9 Å². The van der Waals surface area contributed by atoms with Gasteiger partial charge in [0.2, 0.25) is 0 Å². The lowest BCUT2D eigenvalue weighted by molar-refractivity contribution is 0.0586. The van der Waals surface area contributed by atoms with Crippen molar-refractivity contribution in [3.8, 4) is 24.7 Å². The molecular formula is C14H10O4. The highest BCUT2D eigenvalue weighted by atomic mass is 16.5. The third-order valence-corrected chi connectivity index (χ3v) is 2.28. The van der Waals surface area contributed by atoms with Crippen molar-refractivity contribution in [3.63, 3.8) is 0 Å². The van der Waals surface area contributed by atoms with Crippen molar-refractivity contribution in [2.75, 3.05) is 14.2 Å². The number of methoxy groups -OCH3 is 2. The second-order valence-electron chi connectivity index (χ2n) is 3.22. The summed E-state index contributed by atoms with van der Waals surface area (Å²) in [7, 11) is 2.46.